The predicted octanol–water partition coefficient (Wildman–Crippen LogP) is 0.833. The van der Waals surface area contributed by atoms with Crippen LogP contribution >= 0.6 is 0 Å². The fourth-order valence-corrected chi connectivity index (χ4v) is 1.76. The molecule has 0 bridgehead atoms. The Hall–Kier alpha value is -1.30. The van der Waals surface area contributed by atoms with Crippen molar-refractivity contribution in [3.05, 3.63) is 0 Å². The van der Waals surface area contributed by atoms with Crippen LogP contribution < -0.4 is 0 Å². The Labute approximate surface area is 100 Å². The second-order valence-corrected chi connectivity index (χ2v) is 5.45. The van der Waals surface area contributed by atoms with Crippen molar-refractivity contribution in [2.75, 3.05) is 13.1 Å². The Morgan fingerprint density at radius 3 is 2.47 bits per heavy atom. The minimum atomic E-state index is -1.33. The van der Waals surface area contributed by atoms with Gasteiger partial charge in [0.2, 0.25) is 0 Å². The van der Waals surface area contributed by atoms with Gasteiger partial charge in [-0.1, -0.05) is 0 Å². The fraction of sp³-hybridized carbons (Fsp3) is 0.818. The van der Waals surface area contributed by atoms with Crippen LogP contribution in [-0.2, 0) is 9.53 Å². The van der Waals surface area contributed by atoms with Gasteiger partial charge in [0.1, 0.15) is 5.60 Å². The molecule has 0 aliphatic carbocycles. The first kappa shape index (κ1) is 13.8. The fourth-order valence-electron chi connectivity index (χ4n) is 1.76. The molecular formula is C11H19NO5. The number of aliphatic hydroxyl groups is 1. The summed E-state index contributed by atoms with van der Waals surface area (Å²) in [6.45, 7) is 5.59. The molecule has 1 amide bonds. The Bertz CT molecular complexity index is 322. The molecule has 0 aromatic carbocycles. The topological polar surface area (TPSA) is 87.1 Å². The highest BCUT2D eigenvalue weighted by atomic mass is 16.6. The van der Waals surface area contributed by atoms with E-state index in [4.69, 9.17) is 9.84 Å². The Morgan fingerprint density at radius 2 is 2.00 bits per heavy atom. The molecule has 0 radical (unpaired) electrons. The SMILES string of the molecule is CC(C)(C)OC(=O)N1CCC(O)(CC(=O)O)C1. The van der Waals surface area contributed by atoms with E-state index < -0.39 is 23.3 Å². The summed E-state index contributed by atoms with van der Waals surface area (Å²) in [5.74, 6) is -1.07. The summed E-state index contributed by atoms with van der Waals surface area (Å²) in [5.41, 5.74) is -1.92. The first-order valence-corrected chi connectivity index (χ1v) is 5.53. The first-order valence-electron chi connectivity index (χ1n) is 5.53. The van der Waals surface area contributed by atoms with E-state index in [1.54, 1.807) is 20.8 Å². The number of amides is 1. The minimum absolute atomic E-state index is 0.00815. The van der Waals surface area contributed by atoms with E-state index in [2.05, 4.69) is 0 Å². The highest BCUT2D eigenvalue weighted by molar-refractivity contribution is 5.71. The quantitative estimate of drug-likeness (QED) is 0.752. The van der Waals surface area contributed by atoms with E-state index in [1.807, 2.05) is 0 Å². The molecule has 17 heavy (non-hydrogen) atoms. The smallest absolute Gasteiger partial charge is 0.410 e. The molecule has 0 aromatic rings. The summed E-state index contributed by atoms with van der Waals surface area (Å²) in [7, 11) is 0. The van der Waals surface area contributed by atoms with Crippen LogP contribution in [0.1, 0.15) is 33.6 Å². The Balaban J connectivity index is 2.55. The Kier molecular flexibility index (Phi) is 3.66. The number of likely N-dealkylation sites (tertiary alicyclic amines) is 1. The van der Waals surface area contributed by atoms with E-state index in [9.17, 15) is 14.7 Å². The second kappa shape index (κ2) is 4.52. The van der Waals surface area contributed by atoms with Crippen molar-refractivity contribution < 1.29 is 24.5 Å². The summed E-state index contributed by atoms with van der Waals surface area (Å²) < 4.78 is 5.15. The Morgan fingerprint density at radius 1 is 1.41 bits per heavy atom. The maximum Gasteiger partial charge on any atom is 0.410 e. The van der Waals surface area contributed by atoms with Gasteiger partial charge in [0, 0.05) is 6.54 Å². The van der Waals surface area contributed by atoms with Crippen molar-refractivity contribution in [2.45, 2.75) is 44.8 Å². The van der Waals surface area contributed by atoms with Gasteiger partial charge in [0.05, 0.1) is 18.6 Å². The molecule has 0 spiro atoms. The lowest BCUT2D eigenvalue weighted by Gasteiger charge is -2.25. The average molecular weight is 245 g/mol. The van der Waals surface area contributed by atoms with E-state index in [1.165, 1.54) is 4.90 Å². The predicted molar refractivity (Wildman–Crippen MR) is 59.6 cm³/mol. The highest BCUT2D eigenvalue weighted by Gasteiger charge is 2.41. The molecule has 6 heteroatoms. The number of carboxylic acids is 1. The lowest BCUT2D eigenvalue weighted by molar-refractivity contribution is -0.142. The largest absolute Gasteiger partial charge is 0.481 e. The van der Waals surface area contributed by atoms with Crippen molar-refractivity contribution in [3.8, 4) is 0 Å². The van der Waals surface area contributed by atoms with Crippen molar-refractivity contribution >= 4 is 12.1 Å². The number of carbonyl (C=O) groups is 2. The van der Waals surface area contributed by atoms with Crippen molar-refractivity contribution in [1.82, 2.24) is 4.90 Å². The van der Waals surface area contributed by atoms with Gasteiger partial charge in [0.25, 0.3) is 0 Å². The lowest BCUT2D eigenvalue weighted by atomic mass is 9.99. The minimum Gasteiger partial charge on any atom is -0.481 e. The van der Waals surface area contributed by atoms with Crippen LogP contribution in [0.5, 0.6) is 0 Å². The molecule has 98 valence electrons. The summed E-state index contributed by atoms with van der Waals surface area (Å²) in [4.78, 5) is 23.6. The van der Waals surface area contributed by atoms with Gasteiger partial charge in [-0.05, 0) is 27.2 Å². The summed E-state index contributed by atoms with van der Waals surface area (Å²) in [6, 6.07) is 0. The third-order valence-corrected chi connectivity index (χ3v) is 2.46. The number of aliphatic carboxylic acids is 1. The van der Waals surface area contributed by atoms with Crippen LogP contribution in [0.2, 0.25) is 0 Å². The van der Waals surface area contributed by atoms with Gasteiger partial charge in [-0.25, -0.2) is 4.79 Å². The maximum absolute atomic E-state index is 11.7. The maximum atomic E-state index is 11.7. The number of rotatable bonds is 2. The molecule has 1 atom stereocenters. The highest BCUT2D eigenvalue weighted by Crippen LogP contribution is 2.26. The van der Waals surface area contributed by atoms with Crippen LogP contribution in [0, 0.1) is 0 Å². The molecule has 1 saturated heterocycles. The normalized spacial score (nSPS) is 24.8. The van der Waals surface area contributed by atoms with E-state index in [0.29, 0.717) is 6.54 Å². The van der Waals surface area contributed by atoms with E-state index in [-0.39, 0.29) is 19.4 Å². The number of hydrogen-bond donors (Lipinski definition) is 2. The molecule has 1 rings (SSSR count). The van der Waals surface area contributed by atoms with Crippen LogP contribution in [0.4, 0.5) is 4.79 Å². The number of ether oxygens (including phenoxy) is 1. The van der Waals surface area contributed by atoms with Crippen LogP contribution in [0.25, 0.3) is 0 Å². The van der Waals surface area contributed by atoms with Gasteiger partial charge in [-0.2, -0.15) is 0 Å². The number of hydrogen-bond acceptors (Lipinski definition) is 4. The number of nitrogens with zero attached hydrogens (tertiary/aromatic N) is 1. The third-order valence-electron chi connectivity index (χ3n) is 2.46. The van der Waals surface area contributed by atoms with E-state index >= 15 is 0 Å². The second-order valence-electron chi connectivity index (χ2n) is 5.45. The molecule has 0 saturated carbocycles. The van der Waals surface area contributed by atoms with Crippen molar-refractivity contribution in [3.63, 3.8) is 0 Å². The molecule has 1 fully saturated rings. The van der Waals surface area contributed by atoms with Crippen molar-refractivity contribution in [1.29, 1.82) is 0 Å². The summed E-state index contributed by atoms with van der Waals surface area (Å²) in [5, 5.41) is 18.6. The monoisotopic (exact) mass is 245 g/mol. The molecule has 1 unspecified atom stereocenters. The zero-order chi connectivity index (χ0) is 13.3. The van der Waals surface area contributed by atoms with Crippen LogP contribution in [-0.4, -0.2) is 51.5 Å². The first-order chi connectivity index (χ1) is 7.61. The van der Waals surface area contributed by atoms with Crippen LogP contribution in [0.3, 0.4) is 0 Å². The number of carbonyl (C=O) groups excluding carboxylic acids is 1. The molecule has 0 aromatic heterocycles. The molecule has 1 aliphatic rings. The third kappa shape index (κ3) is 4.22. The van der Waals surface area contributed by atoms with Gasteiger partial charge >= 0.3 is 12.1 Å². The van der Waals surface area contributed by atoms with Gasteiger partial charge in [-0.3, -0.25) is 4.79 Å². The van der Waals surface area contributed by atoms with Crippen LogP contribution in [0.15, 0.2) is 0 Å². The molecule has 1 aliphatic heterocycles. The van der Waals surface area contributed by atoms with Crippen molar-refractivity contribution in [2.24, 2.45) is 0 Å². The zero-order valence-electron chi connectivity index (χ0n) is 10.4. The molecule has 6 nitrogen and oxygen atoms in total. The molecule has 1 heterocycles. The molecule has 2 N–H and O–H groups in total. The zero-order valence-corrected chi connectivity index (χ0v) is 10.4. The summed E-state index contributed by atoms with van der Waals surface area (Å²) in [6.07, 6.45) is -0.607. The standard InChI is InChI=1S/C11H19NO5/c1-10(2,3)17-9(15)12-5-4-11(16,7-12)6-8(13)14/h16H,4-7H2,1-3H3,(H,13,14). The summed E-state index contributed by atoms with van der Waals surface area (Å²) >= 11 is 0. The average Bonchev–Trinajstić information content (AvgIpc) is 2.43. The molecular weight excluding hydrogens is 226 g/mol. The van der Waals surface area contributed by atoms with E-state index in [0.717, 1.165) is 0 Å². The van der Waals surface area contributed by atoms with Gasteiger partial charge < -0.3 is 19.8 Å². The number of β-amino-alcohol motifs (C(OH)–C–C–N with tert-alkyl or cyclic N) is 1. The van der Waals surface area contributed by atoms with Gasteiger partial charge in [-0.15, -0.1) is 0 Å². The van der Waals surface area contributed by atoms with Gasteiger partial charge in [0.15, 0.2) is 0 Å². The number of carboxylic acid groups (broad SMARTS) is 1. The lowest BCUT2D eigenvalue weighted by Crippen LogP contribution is -2.40.